The Labute approximate surface area is 121 Å². The maximum Gasteiger partial charge on any atom is 0.175 e. The zero-order chi connectivity index (χ0) is 13.2. The van der Waals surface area contributed by atoms with Gasteiger partial charge in [-0.2, -0.15) is 0 Å². The van der Waals surface area contributed by atoms with Gasteiger partial charge < -0.3 is 10.3 Å². The molecule has 0 aliphatic heterocycles. The van der Waals surface area contributed by atoms with Crippen LogP contribution in [0.4, 0.5) is 5.82 Å². The highest BCUT2D eigenvalue weighted by Crippen LogP contribution is 2.35. The summed E-state index contributed by atoms with van der Waals surface area (Å²) in [5.74, 6) is 2.15. The molecule has 1 aromatic carbocycles. The summed E-state index contributed by atoms with van der Waals surface area (Å²) < 4.78 is 6.50. The Balaban J connectivity index is 1.93. The standard InChI is InChI=1S/C15H17BrN2O/c16-12-7-3-6-11(9-12)14-13(19-18-15(14)17)8-10-4-1-2-5-10/h3,6-7,9-10H,1-2,4-5,8H2,(H2,17,18). The molecular formula is C15H17BrN2O. The summed E-state index contributed by atoms with van der Waals surface area (Å²) in [6.45, 7) is 0. The minimum atomic E-state index is 0.492. The van der Waals surface area contributed by atoms with Crippen LogP contribution in [0.25, 0.3) is 11.1 Å². The van der Waals surface area contributed by atoms with Gasteiger partial charge in [0.2, 0.25) is 0 Å². The zero-order valence-corrected chi connectivity index (χ0v) is 12.3. The fourth-order valence-corrected chi connectivity index (χ4v) is 3.31. The van der Waals surface area contributed by atoms with E-state index in [0.717, 1.165) is 33.7 Å². The van der Waals surface area contributed by atoms with E-state index in [1.165, 1.54) is 25.7 Å². The average Bonchev–Trinajstić information content (AvgIpc) is 3.00. The number of halogens is 1. The van der Waals surface area contributed by atoms with Gasteiger partial charge in [0.1, 0.15) is 5.76 Å². The van der Waals surface area contributed by atoms with Gasteiger partial charge in [0.25, 0.3) is 0 Å². The fourth-order valence-electron chi connectivity index (χ4n) is 2.91. The van der Waals surface area contributed by atoms with Crippen LogP contribution in [-0.2, 0) is 6.42 Å². The summed E-state index contributed by atoms with van der Waals surface area (Å²) >= 11 is 3.49. The number of hydrogen-bond acceptors (Lipinski definition) is 3. The van der Waals surface area contributed by atoms with Crippen LogP contribution in [0.15, 0.2) is 33.3 Å². The lowest BCUT2D eigenvalue weighted by Crippen LogP contribution is -1.99. The first kappa shape index (κ1) is 12.7. The van der Waals surface area contributed by atoms with E-state index < -0.39 is 0 Å². The monoisotopic (exact) mass is 320 g/mol. The summed E-state index contributed by atoms with van der Waals surface area (Å²) in [5.41, 5.74) is 8.01. The Kier molecular flexibility index (Phi) is 3.60. The van der Waals surface area contributed by atoms with Crippen LogP contribution in [-0.4, -0.2) is 5.16 Å². The Hall–Kier alpha value is -1.29. The number of benzene rings is 1. The molecule has 0 amide bonds. The molecule has 2 aromatic rings. The van der Waals surface area contributed by atoms with Gasteiger partial charge in [0.15, 0.2) is 5.82 Å². The van der Waals surface area contributed by atoms with Gasteiger partial charge in [-0.3, -0.25) is 0 Å². The van der Waals surface area contributed by atoms with E-state index in [0.29, 0.717) is 5.82 Å². The summed E-state index contributed by atoms with van der Waals surface area (Å²) in [7, 11) is 0. The number of aromatic nitrogens is 1. The van der Waals surface area contributed by atoms with Crippen molar-refractivity contribution in [1.82, 2.24) is 5.16 Å². The third kappa shape index (κ3) is 2.68. The van der Waals surface area contributed by atoms with Gasteiger partial charge in [-0.25, -0.2) is 0 Å². The van der Waals surface area contributed by atoms with Crippen molar-refractivity contribution in [3.05, 3.63) is 34.5 Å². The van der Waals surface area contributed by atoms with E-state index in [1.54, 1.807) is 0 Å². The zero-order valence-electron chi connectivity index (χ0n) is 10.7. The van der Waals surface area contributed by atoms with Crippen molar-refractivity contribution in [3.8, 4) is 11.1 Å². The largest absolute Gasteiger partial charge is 0.380 e. The van der Waals surface area contributed by atoms with Gasteiger partial charge in [-0.05, 0) is 23.6 Å². The van der Waals surface area contributed by atoms with Crippen molar-refractivity contribution < 1.29 is 4.52 Å². The molecule has 1 heterocycles. The Morgan fingerprint density at radius 2 is 2.11 bits per heavy atom. The van der Waals surface area contributed by atoms with E-state index in [2.05, 4.69) is 27.2 Å². The second-order valence-corrected chi connectivity index (χ2v) is 6.15. The third-order valence-electron chi connectivity index (χ3n) is 3.85. The molecule has 100 valence electrons. The number of nitrogens with zero attached hydrogens (tertiary/aromatic N) is 1. The number of rotatable bonds is 3. The first-order chi connectivity index (χ1) is 9.24. The fraction of sp³-hybridized carbons (Fsp3) is 0.400. The molecule has 0 unspecified atom stereocenters. The Morgan fingerprint density at radius 1 is 1.32 bits per heavy atom. The maximum atomic E-state index is 5.98. The molecule has 0 radical (unpaired) electrons. The van der Waals surface area contributed by atoms with Crippen LogP contribution >= 0.6 is 15.9 Å². The van der Waals surface area contributed by atoms with E-state index in [9.17, 15) is 0 Å². The molecule has 1 aliphatic rings. The molecule has 1 saturated carbocycles. The highest BCUT2D eigenvalue weighted by Gasteiger charge is 2.22. The van der Waals surface area contributed by atoms with Gasteiger partial charge >= 0.3 is 0 Å². The second kappa shape index (κ2) is 5.37. The van der Waals surface area contributed by atoms with Crippen molar-refractivity contribution >= 4 is 21.7 Å². The van der Waals surface area contributed by atoms with Crippen LogP contribution in [0.2, 0.25) is 0 Å². The van der Waals surface area contributed by atoms with Gasteiger partial charge in [0.05, 0.1) is 5.56 Å². The van der Waals surface area contributed by atoms with Crippen molar-refractivity contribution in [2.24, 2.45) is 5.92 Å². The molecule has 0 atom stereocenters. The Morgan fingerprint density at radius 3 is 2.84 bits per heavy atom. The first-order valence-corrected chi connectivity index (χ1v) is 7.53. The van der Waals surface area contributed by atoms with Crippen LogP contribution in [0, 0.1) is 5.92 Å². The van der Waals surface area contributed by atoms with E-state index in [4.69, 9.17) is 10.3 Å². The molecule has 0 spiro atoms. The number of nitrogen functional groups attached to an aromatic ring is 1. The lowest BCUT2D eigenvalue weighted by atomic mass is 9.97. The smallest absolute Gasteiger partial charge is 0.175 e. The topological polar surface area (TPSA) is 52.0 Å². The SMILES string of the molecule is Nc1noc(CC2CCCC2)c1-c1cccc(Br)c1. The second-order valence-electron chi connectivity index (χ2n) is 5.23. The lowest BCUT2D eigenvalue weighted by molar-refractivity contribution is 0.362. The average molecular weight is 321 g/mol. The summed E-state index contributed by atoms with van der Waals surface area (Å²) in [6.07, 6.45) is 6.20. The number of anilines is 1. The quantitative estimate of drug-likeness (QED) is 0.910. The molecule has 0 saturated heterocycles. The Bertz CT molecular complexity index is 573. The van der Waals surface area contributed by atoms with Crippen LogP contribution < -0.4 is 5.73 Å². The van der Waals surface area contributed by atoms with E-state index >= 15 is 0 Å². The van der Waals surface area contributed by atoms with E-state index in [1.807, 2.05) is 18.2 Å². The number of nitrogens with two attached hydrogens (primary N) is 1. The molecule has 0 bridgehead atoms. The predicted molar refractivity (Wildman–Crippen MR) is 79.7 cm³/mol. The van der Waals surface area contributed by atoms with Crippen LogP contribution in [0.1, 0.15) is 31.4 Å². The highest BCUT2D eigenvalue weighted by molar-refractivity contribution is 9.10. The molecular weight excluding hydrogens is 304 g/mol. The third-order valence-corrected chi connectivity index (χ3v) is 4.34. The molecule has 1 aliphatic carbocycles. The van der Waals surface area contributed by atoms with Crippen LogP contribution in [0.3, 0.4) is 0 Å². The maximum absolute atomic E-state index is 5.98. The first-order valence-electron chi connectivity index (χ1n) is 6.74. The van der Waals surface area contributed by atoms with Gasteiger partial charge in [-0.15, -0.1) is 0 Å². The minimum Gasteiger partial charge on any atom is -0.380 e. The van der Waals surface area contributed by atoms with Gasteiger partial charge in [0, 0.05) is 10.9 Å². The molecule has 19 heavy (non-hydrogen) atoms. The molecule has 1 fully saturated rings. The summed E-state index contributed by atoms with van der Waals surface area (Å²) in [6, 6.07) is 8.11. The lowest BCUT2D eigenvalue weighted by Gasteiger charge is -2.08. The molecule has 3 nitrogen and oxygen atoms in total. The van der Waals surface area contributed by atoms with Crippen LogP contribution in [0.5, 0.6) is 0 Å². The van der Waals surface area contributed by atoms with Crippen molar-refractivity contribution in [1.29, 1.82) is 0 Å². The highest BCUT2D eigenvalue weighted by atomic mass is 79.9. The van der Waals surface area contributed by atoms with E-state index in [-0.39, 0.29) is 0 Å². The molecule has 2 N–H and O–H groups in total. The van der Waals surface area contributed by atoms with Crippen molar-refractivity contribution in [3.63, 3.8) is 0 Å². The minimum absolute atomic E-state index is 0.492. The molecule has 3 rings (SSSR count). The summed E-state index contributed by atoms with van der Waals surface area (Å²) in [4.78, 5) is 0. The van der Waals surface area contributed by atoms with Gasteiger partial charge in [-0.1, -0.05) is 58.9 Å². The van der Waals surface area contributed by atoms with Crippen molar-refractivity contribution in [2.45, 2.75) is 32.1 Å². The molecule has 4 heteroatoms. The normalized spacial score (nSPS) is 16.1. The van der Waals surface area contributed by atoms with Crippen molar-refractivity contribution in [2.75, 3.05) is 5.73 Å². The number of hydrogen-bond donors (Lipinski definition) is 1. The summed E-state index contributed by atoms with van der Waals surface area (Å²) in [5, 5.41) is 3.95. The molecule has 1 aromatic heterocycles. The predicted octanol–water partition coefficient (Wildman–Crippen LogP) is 4.42.